The fourth-order valence-corrected chi connectivity index (χ4v) is 10.3. The summed E-state index contributed by atoms with van der Waals surface area (Å²) < 4.78 is 17.0. The largest absolute Gasteiger partial charge is 0.462 e. The Bertz CT molecular complexity index is 1130. The zero-order valence-corrected chi connectivity index (χ0v) is 49.7. The molecule has 0 aliphatic rings. The molecule has 6 heteroatoms. The van der Waals surface area contributed by atoms with Crippen LogP contribution in [0.15, 0.2) is 12.2 Å². The molecular formula is C67H128O6. The maximum atomic E-state index is 12.9. The van der Waals surface area contributed by atoms with Gasteiger partial charge in [0.15, 0.2) is 6.10 Å². The highest BCUT2D eigenvalue weighted by Gasteiger charge is 2.19. The number of hydrogen-bond donors (Lipinski definition) is 0. The van der Waals surface area contributed by atoms with Crippen molar-refractivity contribution in [2.45, 2.75) is 386 Å². The highest BCUT2D eigenvalue weighted by atomic mass is 16.6. The van der Waals surface area contributed by atoms with E-state index in [-0.39, 0.29) is 31.1 Å². The lowest BCUT2D eigenvalue weighted by atomic mass is 10.0. The minimum atomic E-state index is -0.769. The SMILES string of the molecule is CCCCCCC/C=C\CCCCCCCC(=O)OCC(COC(=O)CCCCCCCCCCCCCCCCCCCCCCCCCC)OC(=O)CCCCCCCCCCCCCCCCCCC. The van der Waals surface area contributed by atoms with Crippen LogP contribution in [0.3, 0.4) is 0 Å². The Balaban J connectivity index is 4.23. The average Bonchev–Trinajstić information content (AvgIpc) is 3.39. The van der Waals surface area contributed by atoms with Crippen molar-refractivity contribution in [2.75, 3.05) is 13.2 Å². The second kappa shape index (κ2) is 62.7. The second-order valence-electron chi connectivity index (χ2n) is 22.7. The van der Waals surface area contributed by atoms with Gasteiger partial charge in [-0.25, -0.2) is 0 Å². The van der Waals surface area contributed by atoms with E-state index in [1.165, 1.54) is 276 Å². The number of rotatable bonds is 62. The second-order valence-corrected chi connectivity index (χ2v) is 22.7. The predicted octanol–water partition coefficient (Wildman–Crippen LogP) is 22.4. The fourth-order valence-electron chi connectivity index (χ4n) is 10.3. The van der Waals surface area contributed by atoms with Crippen LogP contribution in [0.1, 0.15) is 380 Å². The number of carbonyl (C=O) groups is 3. The van der Waals surface area contributed by atoms with Gasteiger partial charge >= 0.3 is 17.9 Å². The van der Waals surface area contributed by atoms with Crippen molar-refractivity contribution in [3.63, 3.8) is 0 Å². The molecule has 0 bridgehead atoms. The molecule has 432 valence electrons. The first-order valence-electron chi connectivity index (χ1n) is 33.2. The highest BCUT2D eigenvalue weighted by molar-refractivity contribution is 5.71. The van der Waals surface area contributed by atoms with Gasteiger partial charge in [-0.15, -0.1) is 0 Å². The van der Waals surface area contributed by atoms with Gasteiger partial charge in [0.2, 0.25) is 0 Å². The molecule has 0 radical (unpaired) electrons. The number of carbonyl (C=O) groups excluding carboxylic acids is 3. The molecule has 0 amide bonds. The van der Waals surface area contributed by atoms with Crippen LogP contribution < -0.4 is 0 Å². The summed E-state index contributed by atoms with van der Waals surface area (Å²) in [6, 6.07) is 0. The first-order chi connectivity index (χ1) is 36.0. The molecule has 0 rings (SSSR count). The maximum Gasteiger partial charge on any atom is 0.306 e. The van der Waals surface area contributed by atoms with Crippen molar-refractivity contribution in [1.29, 1.82) is 0 Å². The summed E-state index contributed by atoms with van der Waals surface area (Å²) in [5, 5.41) is 0. The highest BCUT2D eigenvalue weighted by Crippen LogP contribution is 2.18. The van der Waals surface area contributed by atoms with Gasteiger partial charge in [-0.05, 0) is 44.9 Å². The summed E-state index contributed by atoms with van der Waals surface area (Å²) in [4.78, 5) is 38.3. The molecule has 1 unspecified atom stereocenters. The van der Waals surface area contributed by atoms with Gasteiger partial charge in [-0.1, -0.05) is 328 Å². The lowest BCUT2D eigenvalue weighted by molar-refractivity contribution is -0.167. The van der Waals surface area contributed by atoms with E-state index >= 15 is 0 Å². The summed E-state index contributed by atoms with van der Waals surface area (Å²) >= 11 is 0. The zero-order chi connectivity index (χ0) is 52.9. The molecule has 0 saturated carbocycles. The Labute approximate surface area is 456 Å². The van der Waals surface area contributed by atoms with Crippen LogP contribution in [0.25, 0.3) is 0 Å². The van der Waals surface area contributed by atoms with E-state index in [0.717, 1.165) is 64.2 Å². The fraction of sp³-hybridized carbons (Fsp3) is 0.925. The van der Waals surface area contributed by atoms with E-state index in [2.05, 4.69) is 32.9 Å². The summed E-state index contributed by atoms with van der Waals surface area (Å²) in [7, 11) is 0. The maximum absolute atomic E-state index is 12.9. The van der Waals surface area contributed by atoms with Gasteiger partial charge in [-0.3, -0.25) is 14.4 Å². The van der Waals surface area contributed by atoms with Gasteiger partial charge in [0.05, 0.1) is 0 Å². The number of allylic oxidation sites excluding steroid dienone is 2. The summed E-state index contributed by atoms with van der Waals surface area (Å²) in [5.74, 6) is -0.843. The molecule has 0 spiro atoms. The Hall–Kier alpha value is -1.85. The Morgan fingerprint density at radius 3 is 0.685 bits per heavy atom. The molecule has 73 heavy (non-hydrogen) atoms. The third-order valence-electron chi connectivity index (χ3n) is 15.3. The van der Waals surface area contributed by atoms with Crippen LogP contribution in [0.2, 0.25) is 0 Å². The quantitative estimate of drug-likeness (QED) is 0.0261. The minimum Gasteiger partial charge on any atom is -0.462 e. The van der Waals surface area contributed by atoms with E-state index in [1.807, 2.05) is 0 Å². The van der Waals surface area contributed by atoms with Gasteiger partial charge < -0.3 is 14.2 Å². The third-order valence-corrected chi connectivity index (χ3v) is 15.3. The van der Waals surface area contributed by atoms with Crippen molar-refractivity contribution >= 4 is 17.9 Å². The number of hydrogen-bond acceptors (Lipinski definition) is 6. The van der Waals surface area contributed by atoms with E-state index in [0.29, 0.717) is 19.3 Å². The summed E-state index contributed by atoms with van der Waals surface area (Å²) in [6.45, 7) is 6.71. The first kappa shape index (κ1) is 71.2. The van der Waals surface area contributed by atoms with Crippen molar-refractivity contribution in [3.05, 3.63) is 12.2 Å². The van der Waals surface area contributed by atoms with Crippen LogP contribution in [0, 0.1) is 0 Å². The van der Waals surface area contributed by atoms with E-state index < -0.39 is 6.10 Å². The van der Waals surface area contributed by atoms with Crippen molar-refractivity contribution in [2.24, 2.45) is 0 Å². The van der Waals surface area contributed by atoms with Crippen LogP contribution in [-0.2, 0) is 28.6 Å². The van der Waals surface area contributed by atoms with Crippen LogP contribution in [0.4, 0.5) is 0 Å². The molecule has 0 aromatic rings. The third kappa shape index (κ3) is 60.9. The first-order valence-corrected chi connectivity index (χ1v) is 33.2. The van der Waals surface area contributed by atoms with Gasteiger partial charge in [-0.2, -0.15) is 0 Å². The van der Waals surface area contributed by atoms with Crippen LogP contribution >= 0.6 is 0 Å². The molecule has 0 fully saturated rings. The van der Waals surface area contributed by atoms with Gasteiger partial charge in [0.25, 0.3) is 0 Å². The average molecular weight is 1030 g/mol. The van der Waals surface area contributed by atoms with Crippen molar-refractivity contribution < 1.29 is 28.6 Å². The molecule has 0 heterocycles. The Kier molecular flexibility index (Phi) is 61.1. The van der Waals surface area contributed by atoms with E-state index in [4.69, 9.17) is 14.2 Å². The minimum absolute atomic E-state index is 0.0659. The monoisotopic (exact) mass is 1030 g/mol. The van der Waals surface area contributed by atoms with Crippen LogP contribution in [0.5, 0.6) is 0 Å². The van der Waals surface area contributed by atoms with Gasteiger partial charge in [0, 0.05) is 19.3 Å². The molecule has 6 nitrogen and oxygen atoms in total. The molecule has 0 aromatic carbocycles. The topological polar surface area (TPSA) is 78.9 Å². The summed E-state index contributed by atoms with van der Waals surface area (Å²) in [5.41, 5.74) is 0. The predicted molar refractivity (Wildman–Crippen MR) is 317 cm³/mol. The molecule has 0 aliphatic carbocycles. The normalized spacial score (nSPS) is 12.0. The van der Waals surface area contributed by atoms with Gasteiger partial charge in [0.1, 0.15) is 13.2 Å². The number of ether oxygens (including phenoxy) is 3. The van der Waals surface area contributed by atoms with E-state index in [9.17, 15) is 14.4 Å². The molecule has 1 atom stereocenters. The number of esters is 3. The molecule has 0 aromatic heterocycles. The Morgan fingerprint density at radius 2 is 0.452 bits per heavy atom. The molecular weight excluding hydrogens is 901 g/mol. The van der Waals surface area contributed by atoms with Crippen molar-refractivity contribution in [1.82, 2.24) is 0 Å². The smallest absolute Gasteiger partial charge is 0.306 e. The molecule has 0 N–H and O–H groups in total. The lowest BCUT2D eigenvalue weighted by Gasteiger charge is -2.18. The molecule has 0 saturated heterocycles. The zero-order valence-electron chi connectivity index (χ0n) is 49.7. The standard InChI is InChI=1S/C67H128O6/c1-4-7-10-13-16-19-22-25-28-30-31-32-33-34-35-36-38-39-42-45-48-51-54-57-60-66(69)72-63-64(62-71-65(68)59-56-53-50-47-44-41-27-24-21-18-15-12-9-6-3)73-67(70)61-58-55-52-49-46-43-40-37-29-26-23-20-17-14-11-8-5-2/h24,27,64H,4-23,25-26,28-63H2,1-3H3/b27-24-. The number of unbranched alkanes of at least 4 members (excludes halogenated alkanes) is 49. The van der Waals surface area contributed by atoms with E-state index in [1.54, 1.807) is 0 Å². The Morgan fingerprint density at radius 1 is 0.260 bits per heavy atom. The molecule has 0 aliphatic heterocycles. The van der Waals surface area contributed by atoms with Crippen molar-refractivity contribution in [3.8, 4) is 0 Å². The van der Waals surface area contributed by atoms with Crippen LogP contribution in [-0.4, -0.2) is 37.2 Å². The summed E-state index contributed by atoms with van der Waals surface area (Å²) in [6.07, 6.45) is 73.7. The lowest BCUT2D eigenvalue weighted by Crippen LogP contribution is -2.30.